The third-order valence-corrected chi connectivity index (χ3v) is 4.51. The van der Waals surface area contributed by atoms with Crippen LogP contribution in [-0.2, 0) is 11.8 Å². The van der Waals surface area contributed by atoms with Crippen molar-refractivity contribution in [3.8, 4) is 0 Å². The number of hydrogen-bond donors (Lipinski definition) is 3. The van der Waals surface area contributed by atoms with Crippen LogP contribution in [0.5, 0.6) is 0 Å². The van der Waals surface area contributed by atoms with E-state index in [9.17, 15) is 9.59 Å². The zero-order valence-electron chi connectivity index (χ0n) is 13.4. The van der Waals surface area contributed by atoms with Crippen molar-refractivity contribution in [2.75, 3.05) is 6.54 Å². The zero-order chi connectivity index (χ0) is 16.3. The number of carbonyl (C=O) groups is 1. The Labute approximate surface area is 136 Å². The van der Waals surface area contributed by atoms with Gasteiger partial charge in [-0.1, -0.05) is 26.8 Å². The minimum absolute atomic E-state index is 0.0752. The molecule has 120 valence electrons. The fourth-order valence-electron chi connectivity index (χ4n) is 3.32. The second kappa shape index (κ2) is 6.73. The largest absolute Gasteiger partial charge is 0.348 e. The molecule has 1 aliphatic carbocycles. The zero-order valence-corrected chi connectivity index (χ0v) is 14.3. The molecule has 0 bridgehead atoms. The summed E-state index contributed by atoms with van der Waals surface area (Å²) in [4.78, 5) is 27.4. The Bertz CT molecular complexity index is 647. The van der Waals surface area contributed by atoms with Crippen LogP contribution in [0.15, 0.2) is 22.3 Å². The van der Waals surface area contributed by atoms with E-state index in [1.807, 2.05) is 0 Å². The molecule has 1 heterocycles. The average molecular weight is 320 g/mol. The van der Waals surface area contributed by atoms with Crippen molar-refractivity contribution in [2.45, 2.75) is 45.4 Å². The number of aromatic nitrogens is 1. The molecule has 1 unspecified atom stereocenters. The van der Waals surface area contributed by atoms with E-state index in [4.69, 9.17) is 0 Å². The normalized spacial score (nSPS) is 20.5. The molecule has 4 nitrogen and oxygen atoms in total. The molecule has 2 rings (SSSR count). The number of aryl methyl sites for hydroxylation is 1. The number of aromatic amines is 1. The molecule has 5 heteroatoms. The van der Waals surface area contributed by atoms with Gasteiger partial charge in [0.05, 0.1) is 0 Å². The summed E-state index contributed by atoms with van der Waals surface area (Å²) in [7, 11) is 0. The van der Waals surface area contributed by atoms with Crippen LogP contribution in [0.1, 0.15) is 55.2 Å². The number of rotatable bonds is 3. The minimum Gasteiger partial charge on any atom is -0.348 e. The molecule has 0 aromatic carbocycles. The fraction of sp³-hybridized carbons (Fsp3) is 0.529. The second-order valence-electron chi connectivity index (χ2n) is 6.74. The lowest BCUT2D eigenvalue weighted by Crippen LogP contribution is -2.32. The molecule has 1 amide bonds. The van der Waals surface area contributed by atoms with E-state index in [-0.39, 0.29) is 22.4 Å². The van der Waals surface area contributed by atoms with Gasteiger partial charge < -0.3 is 10.3 Å². The van der Waals surface area contributed by atoms with Gasteiger partial charge in [-0.25, -0.2) is 0 Å². The topological polar surface area (TPSA) is 62.0 Å². The molecule has 2 N–H and O–H groups in total. The van der Waals surface area contributed by atoms with Gasteiger partial charge in [0.2, 0.25) is 0 Å². The van der Waals surface area contributed by atoms with Gasteiger partial charge in [0, 0.05) is 17.7 Å². The summed E-state index contributed by atoms with van der Waals surface area (Å²) in [6, 6.07) is 1.77. The number of amides is 1. The average Bonchev–Trinajstić information content (AvgIpc) is 2.55. The van der Waals surface area contributed by atoms with E-state index in [1.165, 1.54) is 0 Å². The number of pyridine rings is 1. The standard InChI is InChI=1S/C17H24N2O2S/c1-11-5-6-12-9-13(15(20)18-7-4-8-22)16(21)19-14(12)17(2,3)10-11/h4,8-9,11,22H,5-7,10H2,1-3H3,(H,18,20)(H,19,21)/b8-4+. The van der Waals surface area contributed by atoms with E-state index in [0.717, 1.165) is 30.5 Å². The number of nitrogens with one attached hydrogen (secondary N) is 2. The van der Waals surface area contributed by atoms with Crippen LogP contribution in [-0.4, -0.2) is 17.4 Å². The molecule has 1 atom stereocenters. The van der Waals surface area contributed by atoms with Crippen molar-refractivity contribution in [3.63, 3.8) is 0 Å². The Kier molecular flexibility index (Phi) is 5.16. The van der Waals surface area contributed by atoms with Crippen molar-refractivity contribution < 1.29 is 4.79 Å². The molecule has 1 aromatic rings. The summed E-state index contributed by atoms with van der Waals surface area (Å²) < 4.78 is 0. The van der Waals surface area contributed by atoms with E-state index in [0.29, 0.717) is 12.5 Å². The SMILES string of the molecule is CC1CCc2cc(C(=O)NC/C=C/S)c(=O)[nH]c2C(C)(C)C1. The molecule has 0 spiro atoms. The highest BCUT2D eigenvalue weighted by Gasteiger charge is 2.31. The first-order valence-corrected chi connectivity index (χ1v) is 8.21. The molecule has 0 fully saturated rings. The first kappa shape index (κ1) is 16.9. The predicted octanol–water partition coefficient (Wildman–Crippen LogP) is 2.80. The van der Waals surface area contributed by atoms with Gasteiger partial charge in [0.15, 0.2) is 0 Å². The number of H-pyrrole nitrogens is 1. The van der Waals surface area contributed by atoms with Crippen molar-refractivity contribution in [1.82, 2.24) is 10.3 Å². The summed E-state index contributed by atoms with van der Waals surface area (Å²) in [5.74, 6) is 0.259. The Morgan fingerprint density at radius 2 is 2.27 bits per heavy atom. The Morgan fingerprint density at radius 3 is 2.95 bits per heavy atom. The quantitative estimate of drug-likeness (QED) is 0.592. The van der Waals surface area contributed by atoms with Gasteiger partial charge in [0.25, 0.3) is 11.5 Å². The molecule has 1 aliphatic rings. The first-order valence-electron chi connectivity index (χ1n) is 7.69. The molecule has 1 aromatic heterocycles. The molecule has 0 saturated carbocycles. The van der Waals surface area contributed by atoms with Gasteiger partial charge in [-0.05, 0) is 42.2 Å². The van der Waals surface area contributed by atoms with Crippen LogP contribution in [0.2, 0.25) is 0 Å². The minimum atomic E-state index is -0.342. The van der Waals surface area contributed by atoms with E-state index in [2.05, 4.69) is 43.7 Å². The summed E-state index contributed by atoms with van der Waals surface area (Å²) in [6.45, 7) is 6.91. The second-order valence-corrected chi connectivity index (χ2v) is 7.04. The van der Waals surface area contributed by atoms with Crippen LogP contribution in [0, 0.1) is 5.92 Å². The lowest BCUT2D eigenvalue weighted by atomic mass is 9.80. The smallest absolute Gasteiger partial charge is 0.261 e. The summed E-state index contributed by atoms with van der Waals surface area (Å²) in [5, 5.41) is 4.26. The van der Waals surface area contributed by atoms with Crippen molar-refractivity contribution in [2.24, 2.45) is 5.92 Å². The maximum Gasteiger partial charge on any atom is 0.261 e. The van der Waals surface area contributed by atoms with Gasteiger partial charge in [-0.2, -0.15) is 12.6 Å². The van der Waals surface area contributed by atoms with E-state index in [1.54, 1.807) is 17.6 Å². The van der Waals surface area contributed by atoms with Gasteiger partial charge >= 0.3 is 0 Å². The Balaban J connectivity index is 2.38. The van der Waals surface area contributed by atoms with Crippen molar-refractivity contribution in [3.05, 3.63) is 44.7 Å². The lowest BCUT2D eigenvalue weighted by Gasteiger charge is -2.26. The van der Waals surface area contributed by atoms with E-state index < -0.39 is 0 Å². The lowest BCUT2D eigenvalue weighted by molar-refractivity contribution is 0.0956. The summed E-state index contributed by atoms with van der Waals surface area (Å²) >= 11 is 3.94. The Morgan fingerprint density at radius 1 is 1.55 bits per heavy atom. The molecular weight excluding hydrogens is 296 g/mol. The van der Waals surface area contributed by atoms with Gasteiger partial charge in [0.1, 0.15) is 5.56 Å². The molecular formula is C17H24N2O2S. The maximum absolute atomic E-state index is 12.3. The Hall–Kier alpha value is -1.49. The van der Waals surface area contributed by atoms with Crippen molar-refractivity contribution >= 4 is 18.5 Å². The third kappa shape index (κ3) is 3.64. The monoisotopic (exact) mass is 320 g/mol. The van der Waals surface area contributed by atoms with Crippen LogP contribution in [0.4, 0.5) is 0 Å². The first-order chi connectivity index (χ1) is 10.3. The van der Waals surface area contributed by atoms with Crippen LogP contribution < -0.4 is 10.9 Å². The third-order valence-electron chi connectivity index (χ3n) is 4.30. The number of hydrogen-bond acceptors (Lipinski definition) is 3. The van der Waals surface area contributed by atoms with Crippen LogP contribution in [0.3, 0.4) is 0 Å². The molecule has 22 heavy (non-hydrogen) atoms. The number of carbonyl (C=O) groups excluding carboxylic acids is 1. The molecule has 0 saturated heterocycles. The predicted molar refractivity (Wildman–Crippen MR) is 92.6 cm³/mol. The van der Waals surface area contributed by atoms with Crippen LogP contribution in [0.25, 0.3) is 0 Å². The highest BCUT2D eigenvalue weighted by molar-refractivity contribution is 7.83. The van der Waals surface area contributed by atoms with Gasteiger partial charge in [-0.15, -0.1) is 0 Å². The van der Waals surface area contributed by atoms with Gasteiger partial charge in [-0.3, -0.25) is 9.59 Å². The summed E-state index contributed by atoms with van der Waals surface area (Å²) in [6.07, 6.45) is 4.72. The number of fused-ring (bicyclic) bond motifs is 1. The number of thiol groups is 1. The van der Waals surface area contributed by atoms with E-state index >= 15 is 0 Å². The highest BCUT2D eigenvalue weighted by Crippen LogP contribution is 2.36. The summed E-state index contributed by atoms with van der Waals surface area (Å²) in [5.41, 5.74) is 1.87. The molecule has 0 radical (unpaired) electrons. The maximum atomic E-state index is 12.3. The molecule has 0 aliphatic heterocycles. The fourth-order valence-corrected chi connectivity index (χ4v) is 3.42. The van der Waals surface area contributed by atoms with Crippen LogP contribution >= 0.6 is 12.6 Å². The highest BCUT2D eigenvalue weighted by atomic mass is 32.1. The van der Waals surface area contributed by atoms with Crippen molar-refractivity contribution in [1.29, 1.82) is 0 Å².